The number of esters is 1. The Morgan fingerprint density at radius 2 is 1.67 bits per heavy atom. The van der Waals surface area contributed by atoms with E-state index in [0.717, 1.165) is 5.56 Å². The van der Waals surface area contributed by atoms with Crippen molar-refractivity contribution < 1.29 is 23.8 Å². The van der Waals surface area contributed by atoms with Crippen LogP contribution in [0.4, 0.5) is 0 Å². The number of Topliss-reactive ketones (excluding diaryl/α,β-unsaturated/α-hetero) is 1. The Balaban J connectivity index is 2.00. The van der Waals surface area contributed by atoms with Crippen molar-refractivity contribution in [1.29, 1.82) is 0 Å². The van der Waals surface area contributed by atoms with Crippen LogP contribution in [0.3, 0.4) is 0 Å². The average Bonchev–Trinajstić information content (AvgIpc) is 3.04. The first-order valence-corrected chi connectivity index (χ1v) is 10.1. The molecule has 154 valence electrons. The molecule has 7 heteroatoms. The molecule has 2 aromatic rings. The van der Waals surface area contributed by atoms with Crippen LogP contribution in [0.25, 0.3) is 5.70 Å². The van der Waals surface area contributed by atoms with E-state index in [0.29, 0.717) is 49.6 Å². The minimum atomic E-state index is -0.636. The van der Waals surface area contributed by atoms with Gasteiger partial charge in [0.1, 0.15) is 0 Å². The molecule has 1 heterocycles. The Hall–Kier alpha value is -3.06. The fourth-order valence-corrected chi connectivity index (χ4v) is 4.66. The predicted octanol–water partition coefficient (Wildman–Crippen LogP) is 4.21. The van der Waals surface area contributed by atoms with Crippen molar-refractivity contribution in [2.45, 2.75) is 12.8 Å². The molecule has 0 saturated heterocycles. The largest absolute Gasteiger partial charge is 0.493 e. The summed E-state index contributed by atoms with van der Waals surface area (Å²) in [5.74, 6) is -0.211. The molecular weight excluding hydrogens is 450 g/mol. The van der Waals surface area contributed by atoms with Crippen molar-refractivity contribution in [3.8, 4) is 11.5 Å². The number of carbonyl (C=O) groups excluding carboxylic acids is 2. The number of hydrogen-bond donors (Lipinski definition) is 1. The molecule has 0 spiro atoms. The first-order chi connectivity index (χ1) is 14.4. The summed E-state index contributed by atoms with van der Waals surface area (Å²) in [6, 6.07) is 11.0. The number of ketones is 1. The molecule has 0 unspecified atom stereocenters. The number of fused-ring (bicyclic) bond motifs is 2. The van der Waals surface area contributed by atoms with Crippen molar-refractivity contribution in [3.05, 3.63) is 74.4 Å². The van der Waals surface area contributed by atoms with Crippen molar-refractivity contribution in [2.75, 3.05) is 21.3 Å². The quantitative estimate of drug-likeness (QED) is 0.676. The number of benzene rings is 2. The molecule has 0 aromatic heterocycles. The van der Waals surface area contributed by atoms with Crippen molar-refractivity contribution in [2.24, 2.45) is 0 Å². The average molecular weight is 470 g/mol. The van der Waals surface area contributed by atoms with Crippen molar-refractivity contribution in [3.63, 3.8) is 0 Å². The van der Waals surface area contributed by atoms with Gasteiger partial charge in [-0.2, -0.15) is 0 Å². The van der Waals surface area contributed by atoms with Crippen LogP contribution in [0, 0.1) is 0 Å². The molecule has 1 N–H and O–H groups in total. The summed E-state index contributed by atoms with van der Waals surface area (Å²) in [7, 11) is 4.43. The first kappa shape index (κ1) is 20.2. The maximum atomic E-state index is 13.4. The maximum absolute atomic E-state index is 13.4. The molecule has 0 fully saturated rings. The molecule has 0 amide bonds. The van der Waals surface area contributed by atoms with Crippen LogP contribution in [0.2, 0.25) is 0 Å². The number of carbonyl (C=O) groups is 2. The second-order valence-corrected chi connectivity index (χ2v) is 7.83. The summed E-state index contributed by atoms with van der Waals surface area (Å²) in [4.78, 5) is 26.2. The molecule has 2 aromatic carbocycles. The molecule has 6 nitrogen and oxygen atoms in total. The van der Waals surface area contributed by atoms with E-state index < -0.39 is 11.9 Å². The number of hydrogen-bond acceptors (Lipinski definition) is 6. The second kappa shape index (κ2) is 7.65. The SMILES string of the molecule is COC(=O)C1=C(C)NC2=C(C(=O)c3ccccc32)[C@H]1c1cc(OC)c(OC)cc1Br. The highest BCUT2D eigenvalue weighted by molar-refractivity contribution is 9.10. The Kier molecular flexibility index (Phi) is 5.15. The third-order valence-corrected chi connectivity index (χ3v) is 6.15. The van der Waals surface area contributed by atoms with Crippen LogP contribution in [0.5, 0.6) is 11.5 Å². The van der Waals surface area contributed by atoms with Gasteiger partial charge in [-0.05, 0) is 24.6 Å². The first-order valence-electron chi connectivity index (χ1n) is 9.28. The van der Waals surface area contributed by atoms with E-state index in [1.165, 1.54) is 7.11 Å². The predicted molar refractivity (Wildman–Crippen MR) is 116 cm³/mol. The van der Waals surface area contributed by atoms with E-state index in [4.69, 9.17) is 14.2 Å². The molecule has 0 radical (unpaired) electrons. The van der Waals surface area contributed by atoms with Gasteiger partial charge in [0.2, 0.25) is 0 Å². The lowest BCUT2D eigenvalue weighted by atomic mass is 9.79. The number of nitrogens with one attached hydrogen (secondary N) is 1. The maximum Gasteiger partial charge on any atom is 0.336 e. The monoisotopic (exact) mass is 469 g/mol. The molecule has 0 saturated carbocycles. The minimum Gasteiger partial charge on any atom is -0.493 e. The lowest BCUT2D eigenvalue weighted by Crippen LogP contribution is -2.29. The van der Waals surface area contributed by atoms with E-state index in [1.807, 2.05) is 25.1 Å². The Morgan fingerprint density at radius 3 is 2.30 bits per heavy atom. The van der Waals surface area contributed by atoms with Crippen molar-refractivity contribution >= 4 is 33.4 Å². The van der Waals surface area contributed by atoms with Crippen LogP contribution >= 0.6 is 15.9 Å². The zero-order chi connectivity index (χ0) is 21.6. The van der Waals surface area contributed by atoms with E-state index in [-0.39, 0.29) is 5.78 Å². The molecule has 4 rings (SSSR count). The lowest BCUT2D eigenvalue weighted by Gasteiger charge is -2.30. The highest BCUT2D eigenvalue weighted by Crippen LogP contribution is 2.49. The second-order valence-electron chi connectivity index (χ2n) is 6.98. The summed E-state index contributed by atoms with van der Waals surface area (Å²) in [5.41, 5.74) is 4.38. The normalized spacial score (nSPS) is 17.4. The lowest BCUT2D eigenvalue weighted by molar-refractivity contribution is -0.136. The van der Waals surface area contributed by atoms with E-state index in [9.17, 15) is 9.59 Å². The van der Waals surface area contributed by atoms with Gasteiger partial charge in [-0.15, -0.1) is 0 Å². The number of dihydropyridines is 1. The molecular formula is C23H20BrNO5. The van der Waals surface area contributed by atoms with Crippen LogP contribution < -0.4 is 14.8 Å². The molecule has 1 atom stereocenters. The van der Waals surface area contributed by atoms with E-state index in [2.05, 4.69) is 21.2 Å². The minimum absolute atomic E-state index is 0.117. The van der Waals surface area contributed by atoms with Gasteiger partial charge in [-0.25, -0.2) is 4.79 Å². The number of ether oxygens (including phenoxy) is 3. The standard InChI is InChI=1S/C23H20BrNO5/c1-11-18(23(27)30-4)19(14-9-16(28-2)17(29-3)10-15(14)24)20-21(25-11)12-7-5-6-8-13(12)22(20)26/h5-10,19,25H,1-4H3/t19-/m0/s1. The van der Waals surface area contributed by atoms with Crippen LogP contribution in [0.15, 0.2) is 57.7 Å². The Bertz CT molecular complexity index is 1150. The number of methoxy groups -OCH3 is 3. The van der Waals surface area contributed by atoms with E-state index in [1.54, 1.807) is 32.4 Å². The molecule has 2 aliphatic rings. The molecule has 1 aliphatic carbocycles. The summed E-state index contributed by atoms with van der Waals surface area (Å²) in [5, 5.41) is 3.27. The fraction of sp³-hybridized carbons (Fsp3) is 0.217. The van der Waals surface area contributed by atoms with Gasteiger partial charge in [-0.1, -0.05) is 40.2 Å². The third kappa shape index (κ3) is 2.92. The van der Waals surface area contributed by atoms with Crippen molar-refractivity contribution in [1.82, 2.24) is 5.32 Å². The van der Waals surface area contributed by atoms with Gasteiger partial charge in [0.15, 0.2) is 17.3 Å². The topological polar surface area (TPSA) is 73.9 Å². The molecule has 0 bridgehead atoms. The van der Waals surface area contributed by atoms with Gasteiger partial charge in [0.05, 0.1) is 38.5 Å². The summed E-state index contributed by atoms with van der Waals surface area (Å²) < 4.78 is 16.6. The number of allylic oxidation sites excluding steroid dienone is 2. The van der Waals surface area contributed by atoms with Gasteiger partial charge in [-0.3, -0.25) is 4.79 Å². The van der Waals surface area contributed by atoms with Gasteiger partial charge < -0.3 is 19.5 Å². The highest BCUT2D eigenvalue weighted by Gasteiger charge is 2.43. The number of halogens is 1. The Labute approximate surface area is 182 Å². The summed E-state index contributed by atoms with van der Waals surface area (Å²) >= 11 is 3.59. The zero-order valence-corrected chi connectivity index (χ0v) is 18.5. The van der Waals surface area contributed by atoms with E-state index >= 15 is 0 Å². The molecule has 1 aliphatic heterocycles. The molecule has 30 heavy (non-hydrogen) atoms. The fourth-order valence-electron chi connectivity index (χ4n) is 4.11. The Morgan fingerprint density at radius 1 is 1.03 bits per heavy atom. The van der Waals surface area contributed by atoms with Crippen LogP contribution in [-0.4, -0.2) is 33.1 Å². The van der Waals surface area contributed by atoms with Gasteiger partial charge in [0, 0.05) is 26.9 Å². The smallest absolute Gasteiger partial charge is 0.336 e. The highest BCUT2D eigenvalue weighted by atomic mass is 79.9. The van der Waals surface area contributed by atoms with Gasteiger partial charge >= 0.3 is 5.97 Å². The van der Waals surface area contributed by atoms with Gasteiger partial charge in [0.25, 0.3) is 0 Å². The zero-order valence-electron chi connectivity index (χ0n) is 17.0. The third-order valence-electron chi connectivity index (χ3n) is 5.47. The van der Waals surface area contributed by atoms with Crippen LogP contribution in [-0.2, 0) is 9.53 Å². The summed E-state index contributed by atoms with van der Waals surface area (Å²) in [6.07, 6.45) is 0. The van der Waals surface area contributed by atoms with Crippen LogP contribution in [0.1, 0.15) is 34.3 Å². The summed E-state index contributed by atoms with van der Waals surface area (Å²) in [6.45, 7) is 1.81. The number of rotatable bonds is 4.